The lowest BCUT2D eigenvalue weighted by atomic mass is 10.2. The number of aliphatic imine (C=N–C) groups is 1. The van der Waals surface area contributed by atoms with Gasteiger partial charge in [-0.3, -0.25) is 4.98 Å². The minimum Gasteiger partial charge on any atom is -0.497 e. The number of nitrogens with one attached hydrogen (secondary N) is 2. The van der Waals surface area contributed by atoms with Gasteiger partial charge in [0, 0.05) is 44.4 Å². The number of aryl methyl sites for hydroxylation is 1. The van der Waals surface area contributed by atoms with Crippen LogP contribution in [0.4, 0.5) is 0 Å². The van der Waals surface area contributed by atoms with Crippen molar-refractivity contribution in [3.63, 3.8) is 0 Å². The first-order valence-electron chi connectivity index (χ1n) is 10.2. The van der Waals surface area contributed by atoms with Crippen LogP contribution in [0.25, 0.3) is 0 Å². The van der Waals surface area contributed by atoms with E-state index in [0.29, 0.717) is 6.54 Å². The van der Waals surface area contributed by atoms with E-state index in [-0.39, 0.29) is 24.0 Å². The van der Waals surface area contributed by atoms with Crippen LogP contribution in [0.3, 0.4) is 0 Å². The molecule has 166 valence electrons. The van der Waals surface area contributed by atoms with Gasteiger partial charge in [-0.1, -0.05) is 25.1 Å². The largest absolute Gasteiger partial charge is 0.497 e. The van der Waals surface area contributed by atoms with Crippen molar-refractivity contribution in [3.8, 4) is 5.75 Å². The molecular weight excluding hydrogens is 505 g/mol. The highest BCUT2D eigenvalue weighted by Crippen LogP contribution is 2.11. The maximum Gasteiger partial charge on any atom is 0.191 e. The second-order valence-electron chi connectivity index (χ2n) is 6.73. The van der Waals surface area contributed by atoms with E-state index < -0.39 is 0 Å². The number of rotatable bonds is 10. The molecule has 0 amide bonds. The number of hydrogen-bond acceptors (Lipinski definition) is 5. The van der Waals surface area contributed by atoms with Crippen LogP contribution >= 0.6 is 24.0 Å². The van der Waals surface area contributed by atoms with Crippen LogP contribution in [0.15, 0.2) is 60.0 Å². The molecule has 0 saturated carbocycles. The molecule has 2 aromatic heterocycles. The fourth-order valence-electron chi connectivity index (χ4n) is 2.96. The van der Waals surface area contributed by atoms with E-state index in [9.17, 15) is 0 Å². The first-order chi connectivity index (χ1) is 14.8. The topological polar surface area (TPSA) is 89.2 Å². The number of hydrogen-bond donors (Lipinski definition) is 2. The highest BCUT2D eigenvalue weighted by Gasteiger charge is 2.04. The molecule has 3 rings (SSSR count). The molecule has 0 fully saturated rings. The summed E-state index contributed by atoms with van der Waals surface area (Å²) in [5.74, 6) is 2.60. The predicted molar refractivity (Wildman–Crippen MR) is 133 cm³/mol. The Morgan fingerprint density at radius 3 is 2.61 bits per heavy atom. The molecule has 8 nitrogen and oxygen atoms in total. The molecule has 0 spiro atoms. The molecule has 0 aliphatic carbocycles. The van der Waals surface area contributed by atoms with Gasteiger partial charge < -0.3 is 19.9 Å². The monoisotopic (exact) mass is 535 g/mol. The lowest BCUT2D eigenvalue weighted by Crippen LogP contribution is -2.40. The average molecular weight is 535 g/mol. The number of methoxy groups -OCH3 is 1. The molecule has 1 aromatic carbocycles. The SMILES string of the molecule is CCc1nncn1CCNC(=NCc1ccc(OC)cc1)NCCc1ccccn1.I. The summed E-state index contributed by atoms with van der Waals surface area (Å²) in [5.41, 5.74) is 2.17. The molecule has 0 aliphatic rings. The second kappa shape index (κ2) is 13.6. The van der Waals surface area contributed by atoms with Crippen molar-refractivity contribution < 1.29 is 4.74 Å². The smallest absolute Gasteiger partial charge is 0.191 e. The van der Waals surface area contributed by atoms with Gasteiger partial charge >= 0.3 is 0 Å². The normalized spacial score (nSPS) is 11.0. The number of nitrogens with zero attached hydrogens (tertiary/aromatic N) is 5. The van der Waals surface area contributed by atoms with Gasteiger partial charge in [0.1, 0.15) is 17.9 Å². The standard InChI is InChI=1S/C22H29N7O.HI/c1-3-21-28-27-17-29(21)15-14-25-22(24-13-11-19-6-4-5-12-23-19)26-16-18-7-9-20(30-2)10-8-18;/h4-10,12,17H,3,11,13-16H2,1-2H3,(H2,24,25,26);1H. The van der Waals surface area contributed by atoms with Gasteiger partial charge in [0.2, 0.25) is 0 Å². The van der Waals surface area contributed by atoms with E-state index in [2.05, 4.69) is 37.3 Å². The first kappa shape index (κ1) is 24.6. The minimum atomic E-state index is 0. The van der Waals surface area contributed by atoms with Crippen molar-refractivity contribution in [2.75, 3.05) is 20.2 Å². The molecule has 0 aliphatic heterocycles. The van der Waals surface area contributed by atoms with E-state index in [1.807, 2.05) is 48.7 Å². The number of ether oxygens (including phenoxy) is 1. The zero-order valence-corrected chi connectivity index (χ0v) is 20.3. The highest BCUT2D eigenvalue weighted by molar-refractivity contribution is 14.0. The molecule has 9 heteroatoms. The van der Waals surface area contributed by atoms with E-state index in [0.717, 1.165) is 61.3 Å². The van der Waals surface area contributed by atoms with Crippen molar-refractivity contribution in [1.29, 1.82) is 0 Å². The van der Waals surface area contributed by atoms with Crippen LogP contribution in [-0.2, 0) is 25.9 Å². The summed E-state index contributed by atoms with van der Waals surface area (Å²) < 4.78 is 7.28. The van der Waals surface area contributed by atoms with Crippen molar-refractivity contribution in [2.45, 2.75) is 32.9 Å². The Morgan fingerprint density at radius 2 is 1.90 bits per heavy atom. The highest BCUT2D eigenvalue weighted by atomic mass is 127. The predicted octanol–water partition coefficient (Wildman–Crippen LogP) is 2.84. The van der Waals surface area contributed by atoms with Gasteiger partial charge in [0.05, 0.1) is 13.7 Å². The van der Waals surface area contributed by atoms with Gasteiger partial charge in [-0.2, -0.15) is 0 Å². The zero-order valence-electron chi connectivity index (χ0n) is 18.0. The number of benzene rings is 1. The zero-order chi connectivity index (χ0) is 21.0. The summed E-state index contributed by atoms with van der Waals surface area (Å²) in [6.07, 6.45) is 5.27. The lowest BCUT2D eigenvalue weighted by molar-refractivity contribution is 0.414. The van der Waals surface area contributed by atoms with E-state index >= 15 is 0 Å². The van der Waals surface area contributed by atoms with Crippen LogP contribution in [-0.4, -0.2) is 45.9 Å². The first-order valence-corrected chi connectivity index (χ1v) is 10.2. The Kier molecular flexibility index (Phi) is 10.8. The Labute approximate surface area is 200 Å². The number of guanidine groups is 1. The van der Waals surface area contributed by atoms with Crippen molar-refractivity contribution in [3.05, 3.63) is 72.1 Å². The molecule has 0 unspecified atom stereocenters. The lowest BCUT2D eigenvalue weighted by Gasteiger charge is -2.13. The fraction of sp³-hybridized carbons (Fsp3) is 0.364. The minimum absolute atomic E-state index is 0. The van der Waals surface area contributed by atoms with Crippen molar-refractivity contribution >= 4 is 29.9 Å². The van der Waals surface area contributed by atoms with Crippen LogP contribution in [0, 0.1) is 0 Å². The third kappa shape index (κ3) is 8.16. The molecule has 3 aromatic rings. The summed E-state index contributed by atoms with van der Waals surface area (Å²) in [6, 6.07) is 13.9. The summed E-state index contributed by atoms with van der Waals surface area (Å²) in [7, 11) is 1.67. The van der Waals surface area contributed by atoms with Gasteiger partial charge in [0.15, 0.2) is 5.96 Å². The maximum absolute atomic E-state index is 5.22. The number of pyridine rings is 1. The molecule has 0 atom stereocenters. The molecule has 2 N–H and O–H groups in total. The molecular formula is C22H30IN7O. The summed E-state index contributed by atoms with van der Waals surface area (Å²) in [4.78, 5) is 9.11. The second-order valence-corrected chi connectivity index (χ2v) is 6.73. The maximum atomic E-state index is 5.22. The summed E-state index contributed by atoms with van der Waals surface area (Å²) >= 11 is 0. The van der Waals surface area contributed by atoms with Crippen LogP contribution in [0.5, 0.6) is 5.75 Å². The summed E-state index contributed by atoms with van der Waals surface area (Å²) in [5, 5.41) is 14.9. The molecule has 31 heavy (non-hydrogen) atoms. The Hall–Kier alpha value is -2.69. The van der Waals surface area contributed by atoms with Crippen molar-refractivity contribution in [2.24, 2.45) is 4.99 Å². The van der Waals surface area contributed by atoms with Gasteiger partial charge in [-0.05, 0) is 29.8 Å². The molecule has 0 saturated heterocycles. The van der Waals surface area contributed by atoms with Crippen LogP contribution in [0.2, 0.25) is 0 Å². The number of aromatic nitrogens is 4. The Morgan fingerprint density at radius 1 is 1.10 bits per heavy atom. The quantitative estimate of drug-likeness (QED) is 0.236. The Bertz CT molecular complexity index is 913. The van der Waals surface area contributed by atoms with E-state index in [4.69, 9.17) is 9.73 Å². The van der Waals surface area contributed by atoms with Crippen LogP contribution < -0.4 is 15.4 Å². The third-order valence-electron chi connectivity index (χ3n) is 4.64. The average Bonchev–Trinajstić information content (AvgIpc) is 3.25. The van der Waals surface area contributed by atoms with E-state index in [1.54, 1.807) is 13.4 Å². The van der Waals surface area contributed by atoms with E-state index in [1.165, 1.54) is 0 Å². The summed E-state index contributed by atoms with van der Waals surface area (Å²) in [6.45, 7) is 4.91. The third-order valence-corrected chi connectivity index (χ3v) is 4.64. The van der Waals surface area contributed by atoms with Crippen LogP contribution in [0.1, 0.15) is 24.0 Å². The van der Waals surface area contributed by atoms with Gasteiger partial charge in [0.25, 0.3) is 0 Å². The van der Waals surface area contributed by atoms with Gasteiger partial charge in [-0.15, -0.1) is 34.2 Å². The molecule has 0 radical (unpaired) electrons. The molecule has 2 heterocycles. The fourth-order valence-corrected chi connectivity index (χ4v) is 2.96. The van der Waals surface area contributed by atoms with Crippen molar-refractivity contribution in [1.82, 2.24) is 30.4 Å². The molecule has 0 bridgehead atoms. The van der Waals surface area contributed by atoms with Gasteiger partial charge in [-0.25, -0.2) is 4.99 Å². The Balaban J connectivity index is 0.00000341. The number of halogens is 1.